The molecule has 1 atom stereocenters. The van der Waals surface area contributed by atoms with E-state index in [0.29, 0.717) is 5.92 Å². The fourth-order valence-electron chi connectivity index (χ4n) is 2.94. The van der Waals surface area contributed by atoms with Gasteiger partial charge in [-0.25, -0.2) is 0 Å². The van der Waals surface area contributed by atoms with Crippen LogP contribution in [-0.4, -0.2) is 34.4 Å². The summed E-state index contributed by atoms with van der Waals surface area (Å²) in [4.78, 5) is 2.41. The fourth-order valence-corrected chi connectivity index (χ4v) is 2.94. The molecule has 21 heavy (non-hydrogen) atoms. The fraction of sp³-hybridized carbons (Fsp3) is 0.562. The lowest BCUT2D eigenvalue weighted by molar-refractivity contribution is 0.101. The summed E-state index contributed by atoms with van der Waals surface area (Å²) in [6, 6.07) is 3.97. The van der Waals surface area contributed by atoms with Gasteiger partial charge in [-0.3, -0.25) is 9.58 Å². The standard InChI is InChI=1S/C16H23N3O2/c1-3-19-10-13-8-18(11-15-6-5-7-21-15)9-14(12-20-4-2)16(13)17-19/h5-7,10,14H,3-4,8-9,11-12H2,1-2H3/t14-/m0/s1. The van der Waals surface area contributed by atoms with Crippen LogP contribution in [0.15, 0.2) is 29.0 Å². The van der Waals surface area contributed by atoms with Gasteiger partial charge in [0.05, 0.1) is 25.1 Å². The van der Waals surface area contributed by atoms with E-state index in [1.54, 1.807) is 6.26 Å². The highest BCUT2D eigenvalue weighted by molar-refractivity contribution is 5.25. The Morgan fingerprint density at radius 2 is 2.33 bits per heavy atom. The molecule has 0 saturated carbocycles. The van der Waals surface area contributed by atoms with Gasteiger partial charge in [-0.05, 0) is 26.0 Å². The molecule has 0 bridgehead atoms. The second kappa shape index (κ2) is 6.45. The van der Waals surface area contributed by atoms with Gasteiger partial charge in [0.1, 0.15) is 5.76 Å². The maximum atomic E-state index is 5.66. The topological polar surface area (TPSA) is 43.4 Å². The Morgan fingerprint density at radius 3 is 3.05 bits per heavy atom. The maximum absolute atomic E-state index is 5.66. The Balaban J connectivity index is 1.77. The largest absolute Gasteiger partial charge is 0.468 e. The van der Waals surface area contributed by atoms with Gasteiger partial charge in [0, 0.05) is 43.9 Å². The number of aryl methyl sites for hydroxylation is 1. The Morgan fingerprint density at radius 1 is 1.43 bits per heavy atom. The molecule has 0 unspecified atom stereocenters. The van der Waals surface area contributed by atoms with Gasteiger partial charge in [0.2, 0.25) is 0 Å². The molecule has 1 aliphatic heterocycles. The number of rotatable bonds is 6. The van der Waals surface area contributed by atoms with Gasteiger partial charge in [0.15, 0.2) is 0 Å². The third kappa shape index (κ3) is 3.19. The summed E-state index contributed by atoms with van der Waals surface area (Å²) in [6.45, 7) is 9.29. The predicted octanol–water partition coefficient (Wildman–Crippen LogP) is 2.63. The summed E-state index contributed by atoms with van der Waals surface area (Å²) >= 11 is 0. The van der Waals surface area contributed by atoms with E-state index >= 15 is 0 Å². The lowest BCUT2D eigenvalue weighted by atomic mass is 9.97. The van der Waals surface area contributed by atoms with Crippen LogP contribution in [0.4, 0.5) is 0 Å². The minimum Gasteiger partial charge on any atom is -0.468 e. The van der Waals surface area contributed by atoms with E-state index in [1.807, 2.05) is 23.7 Å². The van der Waals surface area contributed by atoms with E-state index in [2.05, 4.69) is 18.0 Å². The summed E-state index contributed by atoms with van der Waals surface area (Å²) in [5.41, 5.74) is 2.53. The molecule has 0 saturated heterocycles. The van der Waals surface area contributed by atoms with Crippen LogP contribution in [0.3, 0.4) is 0 Å². The number of hydrogen-bond acceptors (Lipinski definition) is 4. The summed E-state index contributed by atoms with van der Waals surface area (Å²) in [7, 11) is 0. The number of ether oxygens (including phenoxy) is 1. The number of aromatic nitrogens is 2. The van der Waals surface area contributed by atoms with Crippen molar-refractivity contribution in [1.29, 1.82) is 0 Å². The number of hydrogen-bond donors (Lipinski definition) is 0. The Hall–Kier alpha value is -1.59. The van der Waals surface area contributed by atoms with E-state index < -0.39 is 0 Å². The third-order valence-electron chi connectivity index (χ3n) is 3.94. The quantitative estimate of drug-likeness (QED) is 0.820. The van der Waals surface area contributed by atoms with Crippen LogP contribution in [0.2, 0.25) is 0 Å². The van der Waals surface area contributed by atoms with Crippen molar-refractivity contribution in [3.05, 3.63) is 41.6 Å². The average Bonchev–Trinajstić information content (AvgIpc) is 3.13. The van der Waals surface area contributed by atoms with E-state index in [9.17, 15) is 0 Å². The van der Waals surface area contributed by atoms with Crippen LogP contribution in [-0.2, 0) is 24.4 Å². The summed E-state index contributed by atoms with van der Waals surface area (Å²) in [6.07, 6.45) is 3.90. The molecule has 1 aliphatic rings. The van der Waals surface area contributed by atoms with Crippen molar-refractivity contribution in [1.82, 2.24) is 14.7 Å². The van der Waals surface area contributed by atoms with Gasteiger partial charge < -0.3 is 9.15 Å². The third-order valence-corrected chi connectivity index (χ3v) is 3.94. The van der Waals surface area contributed by atoms with Gasteiger partial charge in [0.25, 0.3) is 0 Å². The van der Waals surface area contributed by atoms with Crippen molar-refractivity contribution in [2.45, 2.75) is 39.4 Å². The van der Waals surface area contributed by atoms with Crippen LogP contribution in [0.25, 0.3) is 0 Å². The monoisotopic (exact) mass is 289 g/mol. The number of nitrogens with zero attached hydrogens (tertiary/aromatic N) is 3. The van der Waals surface area contributed by atoms with Gasteiger partial charge in [-0.15, -0.1) is 0 Å². The first kappa shape index (κ1) is 14.4. The van der Waals surface area contributed by atoms with Crippen molar-refractivity contribution in [2.24, 2.45) is 0 Å². The van der Waals surface area contributed by atoms with Crippen molar-refractivity contribution >= 4 is 0 Å². The Labute approximate surface area is 125 Å². The van der Waals surface area contributed by atoms with Gasteiger partial charge in [-0.2, -0.15) is 5.10 Å². The molecule has 5 heteroatoms. The Bertz CT molecular complexity index is 562. The highest BCUT2D eigenvalue weighted by atomic mass is 16.5. The zero-order valence-electron chi connectivity index (χ0n) is 12.8. The van der Waals surface area contributed by atoms with Crippen LogP contribution >= 0.6 is 0 Å². The summed E-state index contributed by atoms with van der Waals surface area (Å²) in [5, 5.41) is 4.72. The second-order valence-corrected chi connectivity index (χ2v) is 5.50. The minimum atomic E-state index is 0.344. The molecule has 2 aromatic rings. The highest BCUT2D eigenvalue weighted by Gasteiger charge is 2.28. The van der Waals surface area contributed by atoms with Crippen molar-refractivity contribution < 1.29 is 9.15 Å². The summed E-state index contributed by atoms with van der Waals surface area (Å²) in [5.74, 6) is 1.35. The SMILES string of the molecule is CCOC[C@@H]1CN(Cc2ccco2)Cc2cn(CC)nc21. The molecule has 5 nitrogen and oxygen atoms in total. The lowest BCUT2D eigenvalue weighted by Gasteiger charge is -2.31. The van der Waals surface area contributed by atoms with E-state index in [1.165, 1.54) is 11.3 Å². The van der Waals surface area contributed by atoms with Crippen molar-refractivity contribution in [2.75, 3.05) is 19.8 Å². The van der Waals surface area contributed by atoms with Crippen LogP contribution in [0, 0.1) is 0 Å². The predicted molar refractivity (Wildman–Crippen MR) is 80.0 cm³/mol. The molecule has 0 aromatic carbocycles. The number of furan rings is 1. The van der Waals surface area contributed by atoms with Crippen molar-refractivity contribution in [3.8, 4) is 0 Å². The van der Waals surface area contributed by atoms with Crippen molar-refractivity contribution in [3.63, 3.8) is 0 Å². The minimum absolute atomic E-state index is 0.344. The number of fused-ring (bicyclic) bond motifs is 1. The molecule has 0 spiro atoms. The highest BCUT2D eigenvalue weighted by Crippen LogP contribution is 2.28. The molecule has 0 N–H and O–H groups in total. The zero-order chi connectivity index (χ0) is 14.7. The maximum Gasteiger partial charge on any atom is 0.117 e. The molecule has 0 amide bonds. The molecule has 0 radical (unpaired) electrons. The molecule has 3 heterocycles. The molecule has 2 aromatic heterocycles. The van der Waals surface area contributed by atoms with Gasteiger partial charge in [-0.1, -0.05) is 0 Å². The normalized spacial score (nSPS) is 18.9. The summed E-state index contributed by atoms with van der Waals surface area (Å²) < 4.78 is 13.2. The molecular formula is C16H23N3O2. The molecule has 3 rings (SSSR count). The van der Waals surface area contributed by atoms with Gasteiger partial charge >= 0.3 is 0 Å². The smallest absolute Gasteiger partial charge is 0.117 e. The zero-order valence-corrected chi connectivity index (χ0v) is 12.8. The van der Waals surface area contributed by atoms with Crippen LogP contribution < -0.4 is 0 Å². The lowest BCUT2D eigenvalue weighted by Crippen LogP contribution is -2.34. The second-order valence-electron chi connectivity index (χ2n) is 5.50. The van der Waals surface area contributed by atoms with E-state index in [0.717, 1.165) is 45.2 Å². The molecular weight excluding hydrogens is 266 g/mol. The first-order valence-electron chi connectivity index (χ1n) is 7.68. The van der Waals surface area contributed by atoms with E-state index in [4.69, 9.17) is 14.3 Å². The first-order chi connectivity index (χ1) is 10.3. The molecule has 0 fully saturated rings. The Kier molecular flexibility index (Phi) is 4.41. The van der Waals surface area contributed by atoms with Crippen LogP contribution in [0.5, 0.6) is 0 Å². The van der Waals surface area contributed by atoms with Crippen LogP contribution in [0.1, 0.15) is 36.8 Å². The van der Waals surface area contributed by atoms with E-state index in [-0.39, 0.29) is 0 Å². The first-order valence-corrected chi connectivity index (χ1v) is 7.68. The molecule has 0 aliphatic carbocycles. The average molecular weight is 289 g/mol. The molecule has 114 valence electrons.